The lowest BCUT2D eigenvalue weighted by atomic mass is 9.95. The van der Waals surface area contributed by atoms with Gasteiger partial charge in [0.05, 0.1) is 11.0 Å². The van der Waals surface area contributed by atoms with Crippen molar-refractivity contribution in [3.63, 3.8) is 0 Å². The van der Waals surface area contributed by atoms with Gasteiger partial charge in [-0.25, -0.2) is 4.98 Å². The van der Waals surface area contributed by atoms with Crippen LogP contribution in [0.4, 0.5) is 11.5 Å². The molecule has 0 spiro atoms. The maximum absolute atomic E-state index is 11.4. The highest BCUT2D eigenvalue weighted by Crippen LogP contribution is 2.38. The Labute approximate surface area is 177 Å². The molecule has 4 aromatic rings. The molecule has 150 valence electrons. The van der Waals surface area contributed by atoms with Crippen LogP contribution in [0.3, 0.4) is 0 Å². The number of pyridine rings is 2. The number of rotatable bonds is 5. The van der Waals surface area contributed by atoms with Crippen LogP contribution in [0.25, 0.3) is 10.9 Å². The van der Waals surface area contributed by atoms with E-state index in [1.54, 1.807) is 30.6 Å². The lowest BCUT2D eigenvalue weighted by molar-refractivity contribution is -0.384. The number of nitro groups is 1. The summed E-state index contributed by atoms with van der Waals surface area (Å²) in [5, 5.41) is 26.5. The Kier molecular flexibility index (Phi) is 5.20. The standard InChI is InChI=1S/C22H17ClN4O3/c1-13-8-10-24-19(11-13)26-20(15-5-7-17(23)18(12-15)27(29)30)16-6-4-14-3-2-9-25-21(14)22(16)28/h2-12,20,28H,1H3,(H,24,26)/t20-/m1/s1. The van der Waals surface area contributed by atoms with E-state index in [0.717, 1.165) is 10.9 Å². The van der Waals surface area contributed by atoms with Crippen LogP contribution in [0.15, 0.2) is 67.0 Å². The summed E-state index contributed by atoms with van der Waals surface area (Å²) >= 11 is 6.00. The van der Waals surface area contributed by atoms with Gasteiger partial charge in [-0.1, -0.05) is 35.9 Å². The highest BCUT2D eigenvalue weighted by molar-refractivity contribution is 6.32. The first-order chi connectivity index (χ1) is 14.4. The summed E-state index contributed by atoms with van der Waals surface area (Å²) < 4.78 is 0. The van der Waals surface area contributed by atoms with Crippen molar-refractivity contribution in [1.29, 1.82) is 0 Å². The van der Waals surface area contributed by atoms with Gasteiger partial charge in [-0.3, -0.25) is 15.1 Å². The number of hydrogen-bond donors (Lipinski definition) is 2. The molecular formula is C22H17ClN4O3. The number of benzene rings is 2. The maximum Gasteiger partial charge on any atom is 0.288 e. The van der Waals surface area contributed by atoms with Gasteiger partial charge in [0.15, 0.2) is 0 Å². The van der Waals surface area contributed by atoms with E-state index in [2.05, 4.69) is 15.3 Å². The average Bonchev–Trinajstić information content (AvgIpc) is 2.73. The van der Waals surface area contributed by atoms with Gasteiger partial charge in [0.2, 0.25) is 0 Å². The van der Waals surface area contributed by atoms with Gasteiger partial charge < -0.3 is 10.4 Å². The zero-order chi connectivity index (χ0) is 21.3. The molecule has 0 aliphatic carbocycles. The van der Waals surface area contributed by atoms with Gasteiger partial charge in [-0.2, -0.15) is 0 Å². The van der Waals surface area contributed by atoms with Gasteiger partial charge in [0, 0.05) is 29.4 Å². The molecule has 0 saturated carbocycles. The summed E-state index contributed by atoms with van der Waals surface area (Å²) in [6.45, 7) is 1.94. The monoisotopic (exact) mass is 420 g/mol. The van der Waals surface area contributed by atoms with Crippen LogP contribution in [0.5, 0.6) is 5.75 Å². The summed E-state index contributed by atoms with van der Waals surface area (Å²) in [4.78, 5) is 19.5. The Hall–Kier alpha value is -3.71. The Morgan fingerprint density at radius 3 is 2.70 bits per heavy atom. The molecule has 2 heterocycles. The lowest BCUT2D eigenvalue weighted by Crippen LogP contribution is -2.14. The van der Waals surface area contributed by atoms with Crippen molar-refractivity contribution < 1.29 is 10.0 Å². The van der Waals surface area contributed by atoms with Crippen molar-refractivity contribution in [1.82, 2.24) is 9.97 Å². The van der Waals surface area contributed by atoms with E-state index in [1.807, 2.05) is 31.2 Å². The molecule has 1 atom stereocenters. The van der Waals surface area contributed by atoms with E-state index in [-0.39, 0.29) is 16.5 Å². The van der Waals surface area contributed by atoms with Crippen LogP contribution in [0.1, 0.15) is 22.7 Å². The fraction of sp³-hybridized carbons (Fsp3) is 0.0909. The maximum atomic E-state index is 11.4. The van der Waals surface area contributed by atoms with E-state index in [9.17, 15) is 15.2 Å². The van der Waals surface area contributed by atoms with Crippen LogP contribution >= 0.6 is 11.6 Å². The van der Waals surface area contributed by atoms with Crippen LogP contribution in [0.2, 0.25) is 5.02 Å². The number of halogens is 1. The van der Waals surface area contributed by atoms with Crippen molar-refractivity contribution in [2.45, 2.75) is 13.0 Å². The second-order valence-corrected chi connectivity index (χ2v) is 7.25. The number of fused-ring (bicyclic) bond motifs is 1. The van der Waals surface area contributed by atoms with Gasteiger partial charge in [0.1, 0.15) is 22.1 Å². The van der Waals surface area contributed by atoms with E-state index >= 15 is 0 Å². The molecular weight excluding hydrogens is 404 g/mol. The molecule has 0 fully saturated rings. The minimum absolute atomic E-state index is 0.00384. The minimum atomic E-state index is -0.623. The first-order valence-corrected chi connectivity index (χ1v) is 9.51. The Morgan fingerprint density at radius 1 is 1.10 bits per heavy atom. The molecule has 0 aliphatic rings. The SMILES string of the molecule is Cc1ccnc(N[C@H](c2ccc(Cl)c([N+](=O)[O-])c2)c2ccc3cccnc3c2O)c1. The van der Waals surface area contributed by atoms with Crippen molar-refractivity contribution in [2.24, 2.45) is 0 Å². The largest absolute Gasteiger partial charge is 0.505 e. The summed E-state index contributed by atoms with van der Waals surface area (Å²) in [5.74, 6) is 0.564. The smallest absolute Gasteiger partial charge is 0.288 e. The minimum Gasteiger partial charge on any atom is -0.505 e. The molecule has 4 rings (SSSR count). The number of hydrogen-bond acceptors (Lipinski definition) is 6. The number of phenols is 1. The van der Waals surface area contributed by atoms with Gasteiger partial charge in [0.25, 0.3) is 5.69 Å². The van der Waals surface area contributed by atoms with Gasteiger partial charge >= 0.3 is 0 Å². The molecule has 0 amide bonds. The number of aromatic hydroxyl groups is 1. The summed E-state index contributed by atoms with van der Waals surface area (Å²) in [5.41, 5.74) is 2.30. The number of aryl methyl sites for hydroxylation is 1. The molecule has 8 heteroatoms. The molecule has 2 N–H and O–H groups in total. The third-order valence-corrected chi connectivity index (χ3v) is 5.12. The van der Waals surface area contributed by atoms with Crippen molar-refractivity contribution in [3.05, 3.63) is 98.8 Å². The molecule has 0 unspecified atom stereocenters. The average molecular weight is 421 g/mol. The van der Waals surface area contributed by atoms with Crippen molar-refractivity contribution in [3.8, 4) is 5.75 Å². The quantitative estimate of drug-likeness (QED) is 0.331. The van der Waals surface area contributed by atoms with Gasteiger partial charge in [-0.15, -0.1) is 0 Å². The summed E-state index contributed by atoms with van der Waals surface area (Å²) in [6.07, 6.45) is 3.27. The van der Waals surface area contributed by atoms with Crippen LogP contribution in [-0.2, 0) is 0 Å². The van der Waals surface area contributed by atoms with Crippen LogP contribution < -0.4 is 5.32 Å². The molecule has 0 aliphatic heterocycles. The lowest BCUT2D eigenvalue weighted by Gasteiger charge is -2.22. The summed E-state index contributed by atoms with van der Waals surface area (Å²) in [6, 6.07) is 14.9. The van der Waals surface area contributed by atoms with Gasteiger partial charge in [-0.05, 0) is 42.3 Å². The summed E-state index contributed by atoms with van der Waals surface area (Å²) in [7, 11) is 0. The Morgan fingerprint density at radius 2 is 1.93 bits per heavy atom. The second kappa shape index (κ2) is 7.96. The van der Waals surface area contributed by atoms with E-state index in [4.69, 9.17) is 11.6 Å². The number of nitrogens with one attached hydrogen (secondary N) is 1. The second-order valence-electron chi connectivity index (χ2n) is 6.84. The first-order valence-electron chi connectivity index (χ1n) is 9.13. The predicted octanol–water partition coefficient (Wildman–Crippen LogP) is 5.41. The number of anilines is 1. The number of nitrogens with zero attached hydrogens (tertiary/aromatic N) is 3. The van der Waals surface area contributed by atoms with E-state index in [0.29, 0.717) is 22.5 Å². The molecule has 0 bridgehead atoms. The molecule has 0 saturated heterocycles. The number of aromatic nitrogens is 2. The Balaban J connectivity index is 1.89. The molecule has 2 aromatic carbocycles. The first kappa shape index (κ1) is 19.6. The van der Waals surface area contributed by atoms with E-state index < -0.39 is 11.0 Å². The van der Waals surface area contributed by atoms with E-state index in [1.165, 1.54) is 12.1 Å². The fourth-order valence-electron chi connectivity index (χ4n) is 3.33. The zero-order valence-electron chi connectivity index (χ0n) is 15.9. The third kappa shape index (κ3) is 3.75. The molecule has 7 nitrogen and oxygen atoms in total. The predicted molar refractivity (Wildman–Crippen MR) is 116 cm³/mol. The number of nitro benzene ring substituents is 1. The van der Waals surface area contributed by atoms with Crippen LogP contribution in [-0.4, -0.2) is 20.0 Å². The van der Waals surface area contributed by atoms with Crippen LogP contribution in [0, 0.1) is 17.0 Å². The highest BCUT2D eigenvalue weighted by Gasteiger charge is 2.23. The van der Waals surface area contributed by atoms with Crippen molar-refractivity contribution >= 4 is 34.0 Å². The fourth-order valence-corrected chi connectivity index (χ4v) is 3.52. The zero-order valence-corrected chi connectivity index (χ0v) is 16.7. The van der Waals surface area contributed by atoms with Crippen molar-refractivity contribution in [2.75, 3.05) is 5.32 Å². The highest BCUT2D eigenvalue weighted by atomic mass is 35.5. The third-order valence-electron chi connectivity index (χ3n) is 4.80. The Bertz CT molecular complexity index is 1260. The topological polar surface area (TPSA) is 101 Å². The normalized spacial score (nSPS) is 11.9. The molecule has 30 heavy (non-hydrogen) atoms. The molecule has 2 aromatic heterocycles. The number of phenolic OH excluding ortho intramolecular Hbond substituents is 1. The molecule has 0 radical (unpaired) electrons.